The molecule has 1 N–H and O–H groups in total. The first kappa shape index (κ1) is 16.6. The van der Waals surface area contributed by atoms with Crippen LogP contribution < -0.4 is 19.7 Å². The zero-order chi connectivity index (χ0) is 16.9. The second-order valence-corrected chi connectivity index (χ2v) is 6.23. The molecule has 1 aromatic carbocycles. The van der Waals surface area contributed by atoms with E-state index in [0.717, 1.165) is 24.9 Å². The summed E-state index contributed by atoms with van der Waals surface area (Å²) in [6.45, 7) is 4.27. The summed E-state index contributed by atoms with van der Waals surface area (Å²) in [4.78, 5) is 26.2. The first-order chi connectivity index (χ1) is 11.7. The summed E-state index contributed by atoms with van der Waals surface area (Å²) < 4.78 is 11.1. The van der Waals surface area contributed by atoms with E-state index in [4.69, 9.17) is 9.47 Å². The Kier molecular flexibility index (Phi) is 5.23. The SMILES string of the molecule is CCCCCNC(=O)[C@@H]1CC(=O)N(c2ccc3c(c2)OCCO3)C1. The van der Waals surface area contributed by atoms with E-state index >= 15 is 0 Å². The van der Waals surface area contributed by atoms with Crippen LogP contribution in [0.2, 0.25) is 0 Å². The van der Waals surface area contributed by atoms with Gasteiger partial charge in [0, 0.05) is 31.3 Å². The Morgan fingerprint density at radius 1 is 1.25 bits per heavy atom. The van der Waals surface area contributed by atoms with E-state index in [9.17, 15) is 9.59 Å². The van der Waals surface area contributed by atoms with Gasteiger partial charge in [-0.2, -0.15) is 0 Å². The highest BCUT2D eigenvalue weighted by molar-refractivity contribution is 6.00. The summed E-state index contributed by atoms with van der Waals surface area (Å²) in [7, 11) is 0. The number of carbonyl (C=O) groups excluding carboxylic acids is 2. The number of anilines is 1. The number of amides is 2. The van der Waals surface area contributed by atoms with Gasteiger partial charge in [-0.15, -0.1) is 0 Å². The van der Waals surface area contributed by atoms with Gasteiger partial charge in [0.1, 0.15) is 13.2 Å². The van der Waals surface area contributed by atoms with Gasteiger partial charge in [-0.05, 0) is 18.6 Å². The molecule has 2 amide bonds. The van der Waals surface area contributed by atoms with Gasteiger partial charge in [0.2, 0.25) is 11.8 Å². The molecule has 24 heavy (non-hydrogen) atoms. The summed E-state index contributed by atoms with van der Waals surface area (Å²) in [5.74, 6) is 1.01. The van der Waals surface area contributed by atoms with Crippen molar-refractivity contribution in [1.82, 2.24) is 5.32 Å². The van der Waals surface area contributed by atoms with Crippen LogP contribution in [0.1, 0.15) is 32.6 Å². The Morgan fingerprint density at radius 2 is 2.04 bits per heavy atom. The molecule has 2 aliphatic heterocycles. The molecule has 2 heterocycles. The van der Waals surface area contributed by atoms with Crippen molar-refractivity contribution < 1.29 is 19.1 Å². The summed E-state index contributed by atoms with van der Waals surface area (Å²) in [6, 6.07) is 5.47. The van der Waals surface area contributed by atoms with Gasteiger partial charge in [-0.25, -0.2) is 0 Å². The van der Waals surface area contributed by atoms with E-state index in [2.05, 4.69) is 12.2 Å². The molecule has 1 saturated heterocycles. The molecule has 130 valence electrons. The van der Waals surface area contributed by atoms with Crippen LogP contribution in [0.25, 0.3) is 0 Å². The van der Waals surface area contributed by atoms with Crippen molar-refractivity contribution in [3.05, 3.63) is 18.2 Å². The molecule has 0 unspecified atom stereocenters. The highest BCUT2D eigenvalue weighted by Crippen LogP contribution is 2.35. The Balaban J connectivity index is 1.61. The van der Waals surface area contributed by atoms with E-state index < -0.39 is 0 Å². The van der Waals surface area contributed by atoms with Gasteiger partial charge in [0.25, 0.3) is 0 Å². The second kappa shape index (κ2) is 7.55. The predicted molar refractivity (Wildman–Crippen MR) is 90.4 cm³/mol. The van der Waals surface area contributed by atoms with Crippen molar-refractivity contribution in [2.75, 3.05) is 31.2 Å². The molecule has 0 saturated carbocycles. The summed E-state index contributed by atoms with van der Waals surface area (Å²) in [5.41, 5.74) is 0.755. The maximum atomic E-state index is 12.3. The van der Waals surface area contributed by atoms with Gasteiger partial charge >= 0.3 is 0 Å². The second-order valence-electron chi connectivity index (χ2n) is 6.23. The van der Waals surface area contributed by atoms with Crippen molar-refractivity contribution >= 4 is 17.5 Å². The minimum Gasteiger partial charge on any atom is -0.486 e. The van der Waals surface area contributed by atoms with Gasteiger partial charge < -0.3 is 19.7 Å². The average molecular weight is 332 g/mol. The number of nitrogens with one attached hydrogen (secondary N) is 1. The predicted octanol–water partition coefficient (Wildman–Crippen LogP) is 2.12. The smallest absolute Gasteiger partial charge is 0.227 e. The lowest BCUT2D eigenvalue weighted by atomic mass is 10.1. The number of rotatable bonds is 6. The Bertz CT molecular complexity index is 617. The molecule has 1 atom stereocenters. The molecule has 1 aromatic rings. The van der Waals surface area contributed by atoms with Crippen molar-refractivity contribution in [3.63, 3.8) is 0 Å². The number of ether oxygens (including phenoxy) is 2. The van der Waals surface area contributed by atoms with E-state index in [1.807, 2.05) is 18.2 Å². The van der Waals surface area contributed by atoms with Crippen LogP contribution >= 0.6 is 0 Å². The lowest BCUT2D eigenvalue weighted by Crippen LogP contribution is -2.33. The van der Waals surface area contributed by atoms with Crippen molar-refractivity contribution in [2.24, 2.45) is 5.92 Å². The maximum absolute atomic E-state index is 12.3. The van der Waals surface area contributed by atoms with E-state index in [0.29, 0.717) is 37.8 Å². The summed E-state index contributed by atoms with van der Waals surface area (Å²) in [5, 5.41) is 2.94. The van der Waals surface area contributed by atoms with Crippen LogP contribution in [0.3, 0.4) is 0 Å². The summed E-state index contributed by atoms with van der Waals surface area (Å²) >= 11 is 0. The van der Waals surface area contributed by atoms with Gasteiger partial charge in [-0.3, -0.25) is 9.59 Å². The topological polar surface area (TPSA) is 67.9 Å². The van der Waals surface area contributed by atoms with Gasteiger partial charge in [0.15, 0.2) is 11.5 Å². The minimum atomic E-state index is -0.285. The molecule has 0 bridgehead atoms. The Hall–Kier alpha value is -2.24. The van der Waals surface area contributed by atoms with Crippen LogP contribution in [0.15, 0.2) is 18.2 Å². The third-order valence-corrected chi connectivity index (χ3v) is 4.41. The van der Waals surface area contributed by atoms with Crippen LogP contribution in [0.5, 0.6) is 11.5 Å². The zero-order valence-corrected chi connectivity index (χ0v) is 14.0. The number of benzene rings is 1. The first-order valence-electron chi connectivity index (χ1n) is 8.66. The molecule has 2 aliphatic rings. The molecule has 6 nitrogen and oxygen atoms in total. The van der Waals surface area contributed by atoms with Crippen LogP contribution in [-0.2, 0) is 9.59 Å². The van der Waals surface area contributed by atoms with Crippen LogP contribution in [0, 0.1) is 5.92 Å². The third-order valence-electron chi connectivity index (χ3n) is 4.41. The van der Waals surface area contributed by atoms with Crippen molar-refractivity contribution in [2.45, 2.75) is 32.6 Å². The van der Waals surface area contributed by atoms with Crippen LogP contribution in [0.4, 0.5) is 5.69 Å². The fourth-order valence-corrected chi connectivity index (χ4v) is 3.06. The highest BCUT2D eigenvalue weighted by Gasteiger charge is 2.35. The Labute approximate surface area is 142 Å². The number of unbranched alkanes of at least 4 members (excludes halogenated alkanes) is 2. The highest BCUT2D eigenvalue weighted by atomic mass is 16.6. The molecular formula is C18H24N2O4. The van der Waals surface area contributed by atoms with Crippen LogP contribution in [-0.4, -0.2) is 38.1 Å². The number of nitrogens with zero attached hydrogens (tertiary/aromatic N) is 1. The minimum absolute atomic E-state index is 0.0274. The standard InChI is InChI=1S/C18H24N2O4/c1-2-3-4-7-19-18(22)13-10-17(21)20(12-13)14-5-6-15-16(11-14)24-9-8-23-15/h5-6,11,13H,2-4,7-10,12H2,1H3,(H,19,22)/t13-/m1/s1. The third kappa shape index (κ3) is 3.63. The zero-order valence-electron chi connectivity index (χ0n) is 14.0. The fourth-order valence-electron chi connectivity index (χ4n) is 3.06. The maximum Gasteiger partial charge on any atom is 0.227 e. The Morgan fingerprint density at radius 3 is 2.83 bits per heavy atom. The first-order valence-corrected chi connectivity index (χ1v) is 8.66. The molecule has 1 fully saturated rings. The molecule has 0 radical (unpaired) electrons. The largest absolute Gasteiger partial charge is 0.486 e. The van der Waals surface area contributed by atoms with E-state index in [1.54, 1.807) is 4.90 Å². The lowest BCUT2D eigenvalue weighted by Gasteiger charge is -2.22. The number of fused-ring (bicyclic) bond motifs is 1. The van der Waals surface area contributed by atoms with E-state index in [1.165, 1.54) is 0 Å². The number of hydrogen-bond donors (Lipinski definition) is 1. The fraction of sp³-hybridized carbons (Fsp3) is 0.556. The van der Waals surface area contributed by atoms with Crippen molar-refractivity contribution in [1.29, 1.82) is 0 Å². The van der Waals surface area contributed by atoms with Gasteiger partial charge in [0.05, 0.1) is 5.92 Å². The molecule has 3 rings (SSSR count). The number of hydrogen-bond acceptors (Lipinski definition) is 4. The lowest BCUT2D eigenvalue weighted by molar-refractivity contribution is -0.126. The molecule has 6 heteroatoms. The molecule has 0 aromatic heterocycles. The van der Waals surface area contributed by atoms with E-state index in [-0.39, 0.29) is 24.2 Å². The normalized spacial score (nSPS) is 19.5. The molecule has 0 aliphatic carbocycles. The quantitative estimate of drug-likeness (QED) is 0.810. The summed E-state index contributed by atoms with van der Waals surface area (Å²) in [6.07, 6.45) is 3.46. The van der Waals surface area contributed by atoms with Crippen molar-refractivity contribution in [3.8, 4) is 11.5 Å². The molecular weight excluding hydrogens is 308 g/mol. The monoisotopic (exact) mass is 332 g/mol. The molecule has 0 spiro atoms. The average Bonchev–Trinajstić information content (AvgIpc) is 3.00. The van der Waals surface area contributed by atoms with Gasteiger partial charge in [-0.1, -0.05) is 19.8 Å². The number of carbonyl (C=O) groups is 2.